The number of H-pyrrole nitrogens is 1. The Morgan fingerprint density at radius 1 is 1.09 bits per heavy atom. The molecule has 1 aromatic heterocycles. The third-order valence-electron chi connectivity index (χ3n) is 3.41. The minimum Gasteiger partial charge on any atom is -0.506 e. The summed E-state index contributed by atoms with van der Waals surface area (Å²) in [6.45, 7) is 0.112. The highest BCUT2D eigenvalue weighted by molar-refractivity contribution is 5.81. The Labute approximate surface area is 122 Å². The van der Waals surface area contributed by atoms with Crippen LogP contribution in [0.15, 0.2) is 47.3 Å². The molecule has 7 heteroatoms. The van der Waals surface area contributed by atoms with Gasteiger partial charge in [-0.05, 0) is 29.8 Å². The maximum atomic E-state index is 12.5. The Morgan fingerprint density at radius 3 is 2.41 bits per heavy atom. The zero-order valence-electron chi connectivity index (χ0n) is 11.2. The van der Waals surface area contributed by atoms with Gasteiger partial charge in [0.05, 0.1) is 17.6 Å². The molecule has 3 rings (SSSR count). The molecule has 0 aliphatic heterocycles. The van der Waals surface area contributed by atoms with Gasteiger partial charge < -0.3 is 10.1 Å². The van der Waals surface area contributed by atoms with Crippen molar-refractivity contribution >= 4 is 11.0 Å². The summed E-state index contributed by atoms with van der Waals surface area (Å²) in [6.07, 6.45) is -4.39. The molecule has 1 heterocycles. The molecule has 0 amide bonds. The number of imidazole rings is 1. The molecule has 3 aromatic rings. The first-order valence-corrected chi connectivity index (χ1v) is 6.43. The van der Waals surface area contributed by atoms with Crippen molar-refractivity contribution < 1.29 is 18.3 Å². The number of rotatable bonds is 2. The maximum absolute atomic E-state index is 12.5. The number of aromatic hydroxyl groups is 1. The Morgan fingerprint density at radius 2 is 1.77 bits per heavy atom. The number of phenols is 1. The lowest BCUT2D eigenvalue weighted by molar-refractivity contribution is -0.137. The summed E-state index contributed by atoms with van der Waals surface area (Å²) < 4.78 is 38.9. The second-order valence-corrected chi connectivity index (χ2v) is 4.88. The molecule has 0 unspecified atom stereocenters. The molecule has 0 bridgehead atoms. The number of para-hydroxylation sites is 1. The van der Waals surface area contributed by atoms with Crippen LogP contribution in [-0.4, -0.2) is 14.7 Å². The lowest BCUT2D eigenvalue weighted by atomic mass is 10.1. The van der Waals surface area contributed by atoms with Crippen LogP contribution in [0.5, 0.6) is 5.75 Å². The van der Waals surface area contributed by atoms with Gasteiger partial charge >= 0.3 is 11.9 Å². The van der Waals surface area contributed by atoms with E-state index < -0.39 is 17.4 Å². The highest BCUT2D eigenvalue weighted by atomic mass is 19.4. The molecular weight excluding hydrogens is 297 g/mol. The highest BCUT2D eigenvalue weighted by Gasteiger charge is 2.29. The lowest BCUT2D eigenvalue weighted by Crippen LogP contribution is -2.17. The van der Waals surface area contributed by atoms with Gasteiger partial charge in [0.15, 0.2) is 0 Å². The number of halogens is 3. The van der Waals surface area contributed by atoms with E-state index in [-0.39, 0.29) is 12.3 Å². The second kappa shape index (κ2) is 4.94. The minimum absolute atomic E-state index is 0.0548. The number of hydrogen-bond acceptors (Lipinski definition) is 2. The summed E-state index contributed by atoms with van der Waals surface area (Å²) in [6, 6.07) is 9.30. The molecule has 4 nitrogen and oxygen atoms in total. The largest absolute Gasteiger partial charge is 0.506 e. The number of hydrogen-bond donors (Lipinski definition) is 2. The van der Waals surface area contributed by atoms with Crippen LogP contribution in [0.2, 0.25) is 0 Å². The van der Waals surface area contributed by atoms with E-state index in [2.05, 4.69) is 4.98 Å². The van der Waals surface area contributed by atoms with Crippen molar-refractivity contribution in [1.82, 2.24) is 9.55 Å². The summed E-state index contributed by atoms with van der Waals surface area (Å²) in [5, 5.41) is 9.69. The molecule has 2 N–H and O–H groups in total. The molecule has 0 saturated carbocycles. The van der Waals surface area contributed by atoms with E-state index in [0.717, 1.165) is 12.1 Å². The normalized spacial score (nSPS) is 12.0. The fraction of sp³-hybridized carbons (Fsp3) is 0.133. The summed E-state index contributed by atoms with van der Waals surface area (Å²) in [5.74, 6) is -0.0548. The Hall–Kier alpha value is -2.70. The van der Waals surface area contributed by atoms with Gasteiger partial charge in [0.25, 0.3) is 0 Å². The molecule has 0 atom stereocenters. The monoisotopic (exact) mass is 308 g/mol. The van der Waals surface area contributed by atoms with E-state index in [4.69, 9.17) is 0 Å². The van der Waals surface area contributed by atoms with Gasteiger partial charge in [0.1, 0.15) is 11.3 Å². The van der Waals surface area contributed by atoms with E-state index in [1.165, 1.54) is 22.8 Å². The molecule has 0 fully saturated rings. The molecule has 114 valence electrons. The molecule has 2 aromatic carbocycles. The predicted octanol–water partition coefficient (Wildman–Crippen LogP) is 3.10. The van der Waals surface area contributed by atoms with Crippen LogP contribution < -0.4 is 5.69 Å². The summed E-state index contributed by atoms with van der Waals surface area (Å²) >= 11 is 0. The molecule has 22 heavy (non-hydrogen) atoms. The van der Waals surface area contributed by atoms with Crippen molar-refractivity contribution in [1.29, 1.82) is 0 Å². The first kappa shape index (κ1) is 14.2. The number of aromatic nitrogens is 2. The van der Waals surface area contributed by atoms with E-state index >= 15 is 0 Å². The van der Waals surface area contributed by atoms with Crippen LogP contribution in [0, 0.1) is 0 Å². The fourth-order valence-electron chi connectivity index (χ4n) is 2.30. The van der Waals surface area contributed by atoms with Gasteiger partial charge in [0, 0.05) is 0 Å². The van der Waals surface area contributed by atoms with Crippen molar-refractivity contribution in [2.24, 2.45) is 0 Å². The Balaban J connectivity index is 1.99. The number of fused-ring (bicyclic) bond motifs is 1. The van der Waals surface area contributed by atoms with Crippen molar-refractivity contribution in [3.63, 3.8) is 0 Å². The highest BCUT2D eigenvalue weighted by Crippen LogP contribution is 2.29. The summed E-state index contributed by atoms with van der Waals surface area (Å²) in [4.78, 5) is 14.5. The van der Waals surface area contributed by atoms with Crippen LogP contribution >= 0.6 is 0 Å². The van der Waals surface area contributed by atoms with Crippen molar-refractivity contribution in [2.45, 2.75) is 12.7 Å². The molecular formula is C15H11F3N2O2. The fourth-order valence-corrected chi connectivity index (χ4v) is 2.30. The number of aromatic amines is 1. The Kier molecular flexibility index (Phi) is 3.20. The molecule has 0 aliphatic rings. The average molecular weight is 308 g/mol. The molecule has 0 spiro atoms. The number of benzene rings is 2. The Bertz CT molecular complexity index is 876. The lowest BCUT2D eigenvalue weighted by Gasteiger charge is -2.08. The molecule has 0 radical (unpaired) electrons. The zero-order valence-corrected chi connectivity index (χ0v) is 11.2. The van der Waals surface area contributed by atoms with Crippen molar-refractivity contribution in [2.75, 3.05) is 0 Å². The first-order valence-electron chi connectivity index (χ1n) is 6.43. The van der Waals surface area contributed by atoms with E-state index in [1.807, 2.05) is 0 Å². The van der Waals surface area contributed by atoms with Crippen LogP contribution in [0.3, 0.4) is 0 Å². The van der Waals surface area contributed by atoms with Crippen LogP contribution in [0.25, 0.3) is 11.0 Å². The molecule has 0 aliphatic carbocycles. The van der Waals surface area contributed by atoms with Crippen LogP contribution in [-0.2, 0) is 12.7 Å². The van der Waals surface area contributed by atoms with Gasteiger partial charge in [-0.1, -0.05) is 18.2 Å². The van der Waals surface area contributed by atoms with Crippen LogP contribution in [0.4, 0.5) is 13.2 Å². The van der Waals surface area contributed by atoms with E-state index in [0.29, 0.717) is 16.6 Å². The maximum Gasteiger partial charge on any atom is 0.416 e. The number of alkyl halides is 3. The van der Waals surface area contributed by atoms with E-state index in [9.17, 15) is 23.1 Å². The first-order chi connectivity index (χ1) is 10.4. The third kappa shape index (κ3) is 2.45. The van der Waals surface area contributed by atoms with Crippen LogP contribution in [0.1, 0.15) is 11.1 Å². The minimum atomic E-state index is -4.39. The van der Waals surface area contributed by atoms with Gasteiger partial charge in [-0.15, -0.1) is 0 Å². The second-order valence-electron chi connectivity index (χ2n) is 4.88. The predicted molar refractivity (Wildman–Crippen MR) is 74.8 cm³/mol. The van der Waals surface area contributed by atoms with Gasteiger partial charge in [-0.2, -0.15) is 13.2 Å². The smallest absolute Gasteiger partial charge is 0.416 e. The van der Waals surface area contributed by atoms with Gasteiger partial charge in [0.2, 0.25) is 0 Å². The SMILES string of the molecule is O=c1[nH]c2c(O)cccc2n1Cc1ccc(C(F)(F)F)cc1. The standard InChI is InChI=1S/C15H11F3N2O2/c16-15(17,18)10-6-4-9(5-7-10)8-20-11-2-1-3-12(21)13(11)19-14(20)22/h1-7,21H,8H2,(H,19,22). The zero-order chi connectivity index (χ0) is 15.9. The quantitative estimate of drug-likeness (QED) is 0.764. The number of phenolic OH excluding ortho intramolecular Hbond substituents is 1. The van der Waals surface area contributed by atoms with Gasteiger partial charge in [-0.25, -0.2) is 4.79 Å². The molecule has 0 saturated heterocycles. The number of nitrogens with zero attached hydrogens (tertiary/aromatic N) is 1. The van der Waals surface area contributed by atoms with Crippen molar-refractivity contribution in [3.05, 3.63) is 64.1 Å². The van der Waals surface area contributed by atoms with E-state index in [1.54, 1.807) is 12.1 Å². The van der Waals surface area contributed by atoms with Gasteiger partial charge in [-0.3, -0.25) is 4.57 Å². The summed E-state index contributed by atoms with van der Waals surface area (Å²) in [7, 11) is 0. The summed E-state index contributed by atoms with van der Waals surface area (Å²) in [5.41, 5.74) is 0.181. The average Bonchev–Trinajstić information content (AvgIpc) is 2.77. The van der Waals surface area contributed by atoms with Crippen molar-refractivity contribution in [3.8, 4) is 5.75 Å². The number of nitrogens with one attached hydrogen (secondary N) is 1. The topological polar surface area (TPSA) is 58.0 Å². The third-order valence-corrected chi connectivity index (χ3v) is 3.41.